The van der Waals surface area contributed by atoms with Crippen LogP contribution in [0.25, 0.3) is 0 Å². The van der Waals surface area contributed by atoms with Crippen LogP contribution in [0.5, 0.6) is 0 Å². The van der Waals surface area contributed by atoms with Crippen molar-refractivity contribution in [2.45, 2.75) is 63.7 Å². The maximum absolute atomic E-state index is 12.3. The highest BCUT2D eigenvalue weighted by atomic mass is 16.2. The van der Waals surface area contributed by atoms with Crippen molar-refractivity contribution in [3.8, 4) is 0 Å². The normalized spacial score (nSPS) is 22.3. The van der Waals surface area contributed by atoms with E-state index in [1.807, 2.05) is 0 Å². The second kappa shape index (κ2) is 7.39. The Labute approximate surface area is 169 Å². The Morgan fingerprint density at radius 1 is 1.00 bits per heavy atom. The minimum atomic E-state index is 0.360. The molecule has 2 aromatic carbocycles. The second-order valence-electron chi connectivity index (χ2n) is 9.20. The number of piperidine rings is 1. The number of hydrogen-bond donors (Lipinski definition) is 0. The Morgan fingerprint density at radius 3 is 2.54 bits per heavy atom. The summed E-state index contributed by atoms with van der Waals surface area (Å²) in [6.45, 7) is 4.17. The number of likely N-dealkylation sites (tertiary alicyclic amines) is 1. The number of amides is 1. The van der Waals surface area contributed by atoms with Crippen molar-refractivity contribution in [3.05, 3.63) is 70.3 Å². The first kappa shape index (κ1) is 18.0. The number of rotatable bonds is 4. The summed E-state index contributed by atoms with van der Waals surface area (Å²) in [7, 11) is 0. The van der Waals surface area contributed by atoms with Crippen molar-refractivity contribution in [1.82, 2.24) is 4.90 Å². The van der Waals surface area contributed by atoms with Gasteiger partial charge in [-0.3, -0.25) is 4.79 Å². The molecule has 1 aliphatic heterocycles. The van der Waals surface area contributed by atoms with E-state index >= 15 is 0 Å². The number of carbonyl (C=O) groups excluding carboxylic acids is 1. The molecule has 3 aliphatic rings. The predicted molar refractivity (Wildman–Crippen MR) is 114 cm³/mol. The monoisotopic (exact) mass is 373 g/mol. The van der Waals surface area contributed by atoms with E-state index in [1.165, 1.54) is 29.5 Å². The van der Waals surface area contributed by atoms with Crippen molar-refractivity contribution >= 4 is 5.91 Å². The van der Waals surface area contributed by atoms with Gasteiger partial charge in [0.25, 0.3) is 0 Å². The molecule has 0 N–H and O–H groups in total. The van der Waals surface area contributed by atoms with Gasteiger partial charge in [0.05, 0.1) is 0 Å². The largest absolute Gasteiger partial charge is 0.342 e. The fourth-order valence-electron chi connectivity index (χ4n) is 5.35. The Morgan fingerprint density at radius 2 is 1.79 bits per heavy atom. The maximum Gasteiger partial charge on any atom is 0.225 e. The lowest BCUT2D eigenvalue weighted by atomic mass is 9.85. The fraction of sp³-hybridized carbons (Fsp3) is 0.500. The average Bonchev–Trinajstić information content (AvgIpc) is 3.51. The number of fused-ring (bicyclic) bond motifs is 1. The van der Waals surface area contributed by atoms with Crippen molar-refractivity contribution < 1.29 is 4.79 Å². The van der Waals surface area contributed by atoms with Gasteiger partial charge in [0.2, 0.25) is 5.91 Å². The van der Waals surface area contributed by atoms with E-state index in [9.17, 15) is 4.79 Å². The topological polar surface area (TPSA) is 20.3 Å². The average molecular weight is 374 g/mol. The number of aryl methyl sites for hydroxylation is 2. The third-order valence-corrected chi connectivity index (χ3v) is 7.29. The summed E-state index contributed by atoms with van der Waals surface area (Å²) in [5.74, 6) is 2.07. The molecule has 1 unspecified atom stereocenters. The van der Waals surface area contributed by atoms with Crippen LogP contribution in [-0.4, -0.2) is 23.9 Å². The summed E-state index contributed by atoms with van der Waals surface area (Å²) in [6.07, 6.45) is 8.15. The molecular formula is C26H31NO. The van der Waals surface area contributed by atoms with Gasteiger partial charge in [-0.2, -0.15) is 0 Å². The van der Waals surface area contributed by atoms with Crippen LogP contribution >= 0.6 is 0 Å². The minimum absolute atomic E-state index is 0.360. The van der Waals surface area contributed by atoms with Crippen molar-refractivity contribution in [2.24, 2.45) is 5.92 Å². The van der Waals surface area contributed by atoms with Gasteiger partial charge in [0.1, 0.15) is 0 Å². The van der Waals surface area contributed by atoms with E-state index in [-0.39, 0.29) is 0 Å². The molecule has 2 heteroatoms. The zero-order valence-electron chi connectivity index (χ0n) is 17.0. The molecule has 1 heterocycles. The molecule has 1 saturated carbocycles. The van der Waals surface area contributed by atoms with E-state index in [0.29, 0.717) is 23.7 Å². The molecule has 1 saturated heterocycles. The van der Waals surface area contributed by atoms with Gasteiger partial charge in [-0.05, 0) is 91.5 Å². The first-order valence-electron chi connectivity index (χ1n) is 11.1. The predicted octanol–water partition coefficient (Wildman–Crippen LogP) is 5.38. The van der Waals surface area contributed by atoms with Crippen LogP contribution < -0.4 is 0 Å². The SMILES string of the molecule is Cc1cc(C2CCN(C(=O)C3CC3)CC2)ccc1CC1CCc2ccccc21. The van der Waals surface area contributed by atoms with Gasteiger partial charge >= 0.3 is 0 Å². The number of hydrogen-bond acceptors (Lipinski definition) is 1. The van der Waals surface area contributed by atoms with Crippen LogP contribution in [0, 0.1) is 12.8 Å². The highest BCUT2D eigenvalue weighted by Gasteiger charge is 2.35. The lowest BCUT2D eigenvalue weighted by Gasteiger charge is -2.32. The molecule has 0 spiro atoms. The second-order valence-corrected chi connectivity index (χ2v) is 9.20. The van der Waals surface area contributed by atoms with Gasteiger partial charge in [0.15, 0.2) is 0 Å². The minimum Gasteiger partial charge on any atom is -0.342 e. The molecule has 2 aliphatic carbocycles. The van der Waals surface area contributed by atoms with Crippen LogP contribution in [0.2, 0.25) is 0 Å². The molecular weight excluding hydrogens is 342 g/mol. The van der Waals surface area contributed by atoms with Gasteiger partial charge in [0, 0.05) is 19.0 Å². The molecule has 0 aromatic heterocycles. The Hall–Kier alpha value is -2.09. The fourth-order valence-corrected chi connectivity index (χ4v) is 5.35. The van der Waals surface area contributed by atoms with Gasteiger partial charge in [-0.15, -0.1) is 0 Å². The summed E-state index contributed by atoms with van der Waals surface area (Å²) in [5.41, 5.74) is 7.55. The lowest BCUT2D eigenvalue weighted by Crippen LogP contribution is -2.38. The number of carbonyl (C=O) groups is 1. The van der Waals surface area contributed by atoms with E-state index in [0.717, 1.165) is 45.2 Å². The quantitative estimate of drug-likeness (QED) is 0.704. The highest BCUT2D eigenvalue weighted by molar-refractivity contribution is 5.81. The molecule has 0 bridgehead atoms. The summed E-state index contributed by atoms with van der Waals surface area (Å²) in [5, 5.41) is 0. The molecule has 5 rings (SSSR count). The smallest absolute Gasteiger partial charge is 0.225 e. The van der Waals surface area contributed by atoms with Gasteiger partial charge < -0.3 is 4.90 Å². The Balaban J connectivity index is 1.24. The number of nitrogens with zero attached hydrogens (tertiary/aromatic N) is 1. The van der Waals surface area contributed by atoms with E-state index in [4.69, 9.17) is 0 Å². The molecule has 1 amide bonds. The van der Waals surface area contributed by atoms with Crippen molar-refractivity contribution in [2.75, 3.05) is 13.1 Å². The molecule has 2 aromatic rings. The van der Waals surface area contributed by atoms with E-state index in [2.05, 4.69) is 54.3 Å². The van der Waals surface area contributed by atoms with E-state index in [1.54, 1.807) is 11.1 Å². The standard InChI is InChI=1S/C26H31NO/c1-18-16-23(19-12-14-27(15-13-19)26(28)21-7-8-21)10-9-22(18)17-24-11-6-20-4-2-3-5-25(20)24/h2-5,9-10,16,19,21,24H,6-8,11-15,17H2,1H3. The maximum atomic E-state index is 12.3. The summed E-state index contributed by atoms with van der Waals surface area (Å²) in [6, 6.07) is 16.2. The Bertz CT molecular complexity index is 874. The zero-order chi connectivity index (χ0) is 19.1. The van der Waals surface area contributed by atoms with Crippen molar-refractivity contribution in [1.29, 1.82) is 0 Å². The van der Waals surface area contributed by atoms with Crippen LogP contribution in [0.1, 0.15) is 71.8 Å². The van der Waals surface area contributed by atoms with Crippen LogP contribution in [0.4, 0.5) is 0 Å². The molecule has 28 heavy (non-hydrogen) atoms. The summed E-state index contributed by atoms with van der Waals surface area (Å²) < 4.78 is 0. The lowest BCUT2D eigenvalue weighted by molar-refractivity contribution is -0.133. The first-order chi connectivity index (χ1) is 13.7. The van der Waals surface area contributed by atoms with Gasteiger partial charge in [-0.1, -0.05) is 42.5 Å². The third kappa shape index (κ3) is 3.50. The molecule has 2 nitrogen and oxygen atoms in total. The summed E-state index contributed by atoms with van der Waals surface area (Å²) >= 11 is 0. The highest BCUT2D eigenvalue weighted by Crippen LogP contribution is 2.37. The molecule has 1 atom stereocenters. The Kier molecular flexibility index (Phi) is 4.74. The van der Waals surface area contributed by atoms with E-state index < -0.39 is 0 Å². The summed E-state index contributed by atoms with van der Waals surface area (Å²) in [4.78, 5) is 14.4. The zero-order valence-corrected chi connectivity index (χ0v) is 17.0. The third-order valence-electron chi connectivity index (χ3n) is 7.29. The molecule has 2 fully saturated rings. The first-order valence-corrected chi connectivity index (χ1v) is 11.1. The van der Waals surface area contributed by atoms with Gasteiger partial charge in [-0.25, -0.2) is 0 Å². The number of benzene rings is 2. The van der Waals surface area contributed by atoms with Crippen LogP contribution in [0.3, 0.4) is 0 Å². The van der Waals surface area contributed by atoms with Crippen molar-refractivity contribution in [3.63, 3.8) is 0 Å². The molecule has 146 valence electrons. The molecule has 0 radical (unpaired) electrons. The van der Waals surface area contributed by atoms with Crippen LogP contribution in [0.15, 0.2) is 42.5 Å². The van der Waals surface area contributed by atoms with Crippen LogP contribution in [-0.2, 0) is 17.6 Å².